The first kappa shape index (κ1) is 22.7. The van der Waals surface area contributed by atoms with E-state index in [1.165, 1.54) is 0 Å². The van der Waals surface area contributed by atoms with Gasteiger partial charge < -0.3 is 9.73 Å². The smallest absolute Gasteiger partial charge is 0.277 e. The van der Waals surface area contributed by atoms with Gasteiger partial charge in [-0.05, 0) is 62.6 Å². The summed E-state index contributed by atoms with van der Waals surface area (Å²) in [6, 6.07) is 19.3. The predicted molar refractivity (Wildman–Crippen MR) is 134 cm³/mol. The fourth-order valence-corrected chi connectivity index (χ4v) is 4.54. The second-order valence-corrected chi connectivity index (χ2v) is 9.42. The van der Waals surface area contributed by atoms with Crippen molar-refractivity contribution in [1.82, 2.24) is 15.1 Å². The highest BCUT2D eigenvalue weighted by Crippen LogP contribution is 2.36. The Kier molecular flexibility index (Phi) is 5.55. The van der Waals surface area contributed by atoms with Gasteiger partial charge in [0, 0.05) is 18.3 Å². The topological polar surface area (TPSA) is 80.4 Å². The van der Waals surface area contributed by atoms with Crippen molar-refractivity contribution in [2.45, 2.75) is 46.3 Å². The molecule has 0 saturated carbocycles. The number of benzene rings is 2. The molecular weight excluding hydrogens is 440 g/mol. The molecule has 0 saturated heterocycles. The average molecular weight is 469 g/mol. The Bertz CT molecular complexity index is 1400. The minimum atomic E-state index is -1.19. The molecule has 7 heteroatoms. The lowest BCUT2D eigenvalue weighted by Crippen LogP contribution is -2.64. The summed E-state index contributed by atoms with van der Waals surface area (Å²) in [7, 11) is 0. The third kappa shape index (κ3) is 4.03. The summed E-state index contributed by atoms with van der Waals surface area (Å²) in [6.45, 7) is 8.33. The van der Waals surface area contributed by atoms with Crippen molar-refractivity contribution < 1.29 is 14.0 Å². The molecule has 1 atom stereocenters. The molecule has 35 heavy (non-hydrogen) atoms. The minimum absolute atomic E-state index is 0.210. The maximum Gasteiger partial charge on any atom is 0.277 e. The van der Waals surface area contributed by atoms with Gasteiger partial charge in [-0.15, -0.1) is 0 Å². The van der Waals surface area contributed by atoms with Gasteiger partial charge in [0.25, 0.3) is 5.91 Å². The number of hydrogen-bond acceptors (Lipinski definition) is 4. The summed E-state index contributed by atoms with van der Waals surface area (Å²) in [5.41, 5.74) is 4.58. The molecule has 0 spiro atoms. The van der Waals surface area contributed by atoms with Crippen LogP contribution in [0.2, 0.25) is 0 Å². The number of hydrogen-bond donors (Lipinski definition) is 1. The van der Waals surface area contributed by atoms with E-state index in [0.29, 0.717) is 23.7 Å². The van der Waals surface area contributed by atoms with Crippen LogP contribution >= 0.6 is 0 Å². The van der Waals surface area contributed by atoms with Crippen LogP contribution in [-0.2, 0) is 17.9 Å². The van der Waals surface area contributed by atoms with Gasteiger partial charge >= 0.3 is 0 Å². The lowest BCUT2D eigenvalue weighted by atomic mass is 9.92. The van der Waals surface area contributed by atoms with Gasteiger partial charge in [0.05, 0.1) is 12.8 Å². The third-order valence-corrected chi connectivity index (χ3v) is 6.60. The Morgan fingerprint density at radius 3 is 2.51 bits per heavy atom. The van der Waals surface area contributed by atoms with E-state index >= 15 is 0 Å². The second kappa shape index (κ2) is 8.58. The largest absolute Gasteiger partial charge is 0.463 e. The summed E-state index contributed by atoms with van der Waals surface area (Å²) >= 11 is 0. The number of nitrogens with one attached hydrogen (secondary N) is 1. The van der Waals surface area contributed by atoms with Gasteiger partial charge in [-0.1, -0.05) is 42.0 Å². The van der Waals surface area contributed by atoms with E-state index in [1.807, 2.05) is 63.2 Å². The van der Waals surface area contributed by atoms with Gasteiger partial charge in [0.2, 0.25) is 5.91 Å². The van der Waals surface area contributed by atoms with Crippen LogP contribution < -0.4 is 10.2 Å². The number of amides is 2. The zero-order valence-corrected chi connectivity index (χ0v) is 20.3. The maximum atomic E-state index is 13.9. The van der Waals surface area contributed by atoms with E-state index in [-0.39, 0.29) is 18.4 Å². The monoisotopic (exact) mass is 468 g/mol. The molecule has 178 valence electrons. The van der Waals surface area contributed by atoms with Crippen LogP contribution in [0.4, 0.5) is 5.69 Å². The van der Waals surface area contributed by atoms with Crippen molar-refractivity contribution >= 4 is 17.5 Å². The third-order valence-electron chi connectivity index (χ3n) is 6.60. The lowest BCUT2D eigenvalue weighted by molar-refractivity contribution is -0.126. The van der Waals surface area contributed by atoms with Crippen LogP contribution in [0.1, 0.15) is 39.7 Å². The molecule has 5 rings (SSSR count). The van der Waals surface area contributed by atoms with Crippen LogP contribution in [-0.4, -0.2) is 27.1 Å². The summed E-state index contributed by atoms with van der Waals surface area (Å²) in [4.78, 5) is 29.3. The number of aromatic nitrogens is 2. The van der Waals surface area contributed by atoms with Crippen LogP contribution in [0.25, 0.3) is 11.5 Å². The maximum absolute atomic E-state index is 13.9. The molecule has 2 aromatic carbocycles. The van der Waals surface area contributed by atoms with Crippen LogP contribution in [0.5, 0.6) is 0 Å². The van der Waals surface area contributed by atoms with Crippen molar-refractivity contribution in [2.75, 3.05) is 4.90 Å². The van der Waals surface area contributed by atoms with Gasteiger partial charge in [-0.2, -0.15) is 5.10 Å². The summed E-state index contributed by atoms with van der Waals surface area (Å²) in [6.07, 6.45) is 1.57. The van der Waals surface area contributed by atoms with Gasteiger partial charge in [0.1, 0.15) is 16.9 Å². The molecule has 1 aliphatic heterocycles. The lowest BCUT2D eigenvalue weighted by Gasteiger charge is -2.43. The molecule has 2 amide bonds. The highest BCUT2D eigenvalue weighted by Gasteiger charge is 2.49. The molecule has 0 bridgehead atoms. The van der Waals surface area contributed by atoms with E-state index in [9.17, 15) is 9.59 Å². The van der Waals surface area contributed by atoms with Gasteiger partial charge in [0.15, 0.2) is 5.76 Å². The number of fused-ring (bicyclic) bond motifs is 1. The summed E-state index contributed by atoms with van der Waals surface area (Å²) in [5.74, 6) is 0.0554. The molecule has 2 aromatic heterocycles. The Hall–Kier alpha value is -4.13. The van der Waals surface area contributed by atoms with Crippen molar-refractivity contribution in [3.05, 3.63) is 94.9 Å². The van der Waals surface area contributed by atoms with Crippen molar-refractivity contribution in [1.29, 1.82) is 0 Å². The first-order chi connectivity index (χ1) is 16.8. The normalized spacial score (nSPS) is 17.4. The molecule has 0 aliphatic carbocycles. The first-order valence-electron chi connectivity index (χ1n) is 11.6. The molecule has 1 aliphatic rings. The van der Waals surface area contributed by atoms with E-state index in [1.54, 1.807) is 41.0 Å². The molecule has 1 N–H and O–H groups in total. The molecule has 0 radical (unpaired) electrons. The second-order valence-electron chi connectivity index (χ2n) is 9.42. The number of nitrogens with zero attached hydrogens (tertiary/aromatic N) is 3. The van der Waals surface area contributed by atoms with Crippen molar-refractivity contribution in [2.24, 2.45) is 0 Å². The zero-order valence-electron chi connectivity index (χ0n) is 20.3. The number of carbonyl (C=O) groups is 2. The molecule has 3 heterocycles. The molecular formula is C28H28N4O3. The van der Waals surface area contributed by atoms with Crippen LogP contribution in [0.3, 0.4) is 0 Å². The number of aryl methyl sites for hydroxylation is 3. The number of furan rings is 1. The number of anilines is 1. The SMILES string of the molecule is Cc1ccc(CNC(=O)[C@@]2(C)Cn3nc(-c4ccco4)cc3C(=O)N2c2cc(C)ccc2C)cc1. The number of rotatable bonds is 5. The van der Waals surface area contributed by atoms with E-state index in [0.717, 1.165) is 27.9 Å². The molecule has 7 nitrogen and oxygen atoms in total. The van der Waals surface area contributed by atoms with Crippen LogP contribution in [0, 0.1) is 20.8 Å². The molecule has 4 aromatic rings. The van der Waals surface area contributed by atoms with E-state index in [2.05, 4.69) is 10.4 Å². The standard InChI is InChI=1S/C28H28N4O3/c1-18-8-11-21(12-9-18)16-29-27(34)28(4)17-31-24(15-22(30-31)25-6-5-13-35-25)26(33)32(28)23-14-19(2)7-10-20(23)3/h5-15H,16-17H2,1-4H3,(H,29,34)/t28-/m1/s1. The Balaban J connectivity index is 1.56. The first-order valence-corrected chi connectivity index (χ1v) is 11.6. The number of carbonyl (C=O) groups excluding carboxylic acids is 2. The Morgan fingerprint density at radius 1 is 1.06 bits per heavy atom. The average Bonchev–Trinajstić information content (AvgIpc) is 3.51. The predicted octanol–water partition coefficient (Wildman–Crippen LogP) is 4.80. The fourth-order valence-electron chi connectivity index (χ4n) is 4.54. The van der Waals surface area contributed by atoms with Crippen molar-refractivity contribution in [3.63, 3.8) is 0 Å². The zero-order chi connectivity index (χ0) is 24.7. The van der Waals surface area contributed by atoms with E-state index < -0.39 is 5.54 Å². The van der Waals surface area contributed by atoms with Crippen molar-refractivity contribution in [3.8, 4) is 11.5 Å². The van der Waals surface area contributed by atoms with Gasteiger partial charge in [-0.25, -0.2) is 0 Å². The summed E-state index contributed by atoms with van der Waals surface area (Å²) in [5, 5.41) is 7.67. The Morgan fingerprint density at radius 2 is 1.80 bits per heavy atom. The minimum Gasteiger partial charge on any atom is -0.463 e. The fraction of sp³-hybridized carbons (Fsp3) is 0.250. The highest BCUT2D eigenvalue weighted by molar-refractivity contribution is 6.12. The Labute approximate surface area is 204 Å². The quantitative estimate of drug-likeness (QED) is 0.456. The highest BCUT2D eigenvalue weighted by atomic mass is 16.3. The van der Waals surface area contributed by atoms with Crippen LogP contribution in [0.15, 0.2) is 71.3 Å². The summed E-state index contributed by atoms with van der Waals surface area (Å²) < 4.78 is 7.11. The molecule has 0 fully saturated rings. The molecule has 0 unspecified atom stereocenters. The van der Waals surface area contributed by atoms with Gasteiger partial charge in [-0.3, -0.25) is 19.2 Å². The van der Waals surface area contributed by atoms with E-state index in [4.69, 9.17) is 4.42 Å².